The number of rotatable bonds is 7. The first kappa shape index (κ1) is 14.7. The van der Waals surface area contributed by atoms with Gasteiger partial charge in [-0.05, 0) is 20.0 Å². The van der Waals surface area contributed by atoms with Crippen LogP contribution in [0.15, 0.2) is 12.4 Å². The highest BCUT2D eigenvalue weighted by Crippen LogP contribution is 2.15. The van der Waals surface area contributed by atoms with Gasteiger partial charge in [-0.1, -0.05) is 13.8 Å². The number of anilines is 2. The SMILES string of the molecule is CNc1cc(N(CCN(C)C)CC(C)C)ncn1. The quantitative estimate of drug-likeness (QED) is 0.796. The maximum atomic E-state index is 4.37. The van der Waals surface area contributed by atoms with Crippen molar-refractivity contribution < 1.29 is 0 Å². The van der Waals surface area contributed by atoms with E-state index in [4.69, 9.17) is 0 Å². The Kier molecular flexibility index (Phi) is 5.85. The molecule has 1 aromatic rings. The molecule has 0 atom stereocenters. The van der Waals surface area contributed by atoms with Crippen LogP contribution in [-0.2, 0) is 0 Å². The van der Waals surface area contributed by atoms with E-state index in [0.717, 1.165) is 31.3 Å². The molecule has 0 aliphatic carbocycles. The lowest BCUT2D eigenvalue weighted by atomic mass is 10.2. The van der Waals surface area contributed by atoms with Gasteiger partial charge in [-0.15, -0.1) is 0 Å². The molecule has 0 unspecified atom stereocenters. The normalized spacial score (nSPS) is 11.1. The van der Waals surface area contributed by atoms with Gasteiger partial charge in [0.25, 0.3) is 0 Å². The molecule has 0 aromatic carbocycles. The van der Waals surface area contributed by atoms with Crippen molar-refractivity contribution in [3.63, 3.8) is 0 Å². The smallest absolute Gasteiger partial charge is 0.134 e. The van der Waals surface area contributed by atoms with Crippen molar-refractivity contribution >= 4 is 11.6 Å². The second kappa shape index (κ2) is 7.16. The van der Waals surface area contributed by atoms with Gasteiger partial charge in [0.05, 0.1) is 0 Å². The third kappa shape index (κ3) is 4.87. The number of hydrogen-bond acceptors (Lipinski definition) is 5. The van der Waals surface area contributed by atoms with E-state index in [1.165, 1.54) is 0 Å². The number of aromatic nitrogens is 2. The van der Waals surface area contributed by atoms with Crippen LogP contribution in [0.25, 0.3) is 0 Å². The number of hydrogen-bond donors (Lipinski definition) is 1. The van der Waals surface area contributed by atoms with Gasteiger partial charge >= 0.3 is 0 Å². The summed E-state index contributed by atoms with van der Waals surface area (Å²) in [7, 11) is 6.05. The van der Waals surface area contributed by atoms with Crippen LogP contribution in [0.3, 0.4) is 0 Å². The van der Waals surface area contributed by atoms with Gasteiger partial charge in [-0.3, -0.25) is 0 Å². The Hall–Kier alpha value is -1.36. The first-order valence-electron chi connectivity index (χ1n) is 6.42. The molecule has 5 nitrogen and oxygen atoms in total. The fourth-order valence-corrected chi connectivity index (χ4v) is 1.72. The van der Waals surface area contributed by atoms with E-state index in [9.17, 15) is 0 Å². The zero-order chi connectivity index (χ0) is 13.5. The van der Waals surface area contributed by atoms with Gasteiger partial charge in [0.15, 0.2) is 0 Å². The van der Waals surface area contributed by atoms with Crippen LogP contribution < -0.4 is 10.2 Å². The third-order valence-corrected chi connectivity index (χ3v) is 2.64. The Labute approximate surface area is 110 Å². The lowest BCUT2D eigenvalue weighted by Crippen LogP contribution is -2.35. The van der Waals surface area contributed by atoms with Crippen LogP contribution >= 0.6 is 0 Å². The fourth-order valence-electron chi connectivity index (χ4n) is 1.72. The molecule has 1 rings (SSSR count). The molecule has 1 aromatic heterocycles. The summed E-state index contributed by atoms with van der Waals surface area (Å²) in [6.07, 6.45) is 1.62. The minimum atomic E-state index is 0.611. The Morgan fingerprint density at radius 2 is 1.94 bits per heavy atom. The van der Waals surface area contributed by atoms with Crippen molar-refractivity contribution in [1.29, 1.82) is 0 Å². The molecule has 5 heteroatoms. The van der Waals surface area contributed by atoms with Gasteiger partial charge in [0.1, 0.15) is 18.0 Å². The van der Waals surface area contributed by atoms with Gasteiger partial charge in [0, 0.05) is 32.7 Å². The van der Waals surface area contributed by atoms with Crippen LogP contribution in [0.5, 0.6) is 0 Å². The number of nitrogens with zero attached hydrogens (tertiary/aromatic N) is 4. The van der Waals surface area contributed by atoms with Crippen LogP contribution in [0, 0.1) is 5.92 Å². The van der Waals surface area contributed by atoms with Gasteiger partial charge < -0.3 is 15.1 Å². The molecule has 0 bridgehead atoms. The molecular weight excluding hydrogens is 226 g/mol. The monoisotopic (exact) mass is 251 g/mol. The molecule has 1 heterocycles. The van der Waals surface area contributed by atoms with E-state index in [-0.39, 0.29) is 0 Å². The third-order valence-electron chi connectivity index (χ3n) is 2.64. The van der Waals surface area contributed by atoms with Crippen LogP contribution in [0.4, 0.5) is 11.6 Å². The summed E-state index contributed by atoms with van der Waals surface area (Å²) < 4.78 is 0. The van der Waals surface area contributed by atoms with E-state index < -0.39 is 0 Å². The Morgan fingerprint density at radius 1 is 1.22 bits per heavy atom. The van der Waals surface area contributed by atoms with Crippen LogP contribution in [0.2, 0.25) is 0 Å². The van der Waals surface area contributed by atoms with Crippen LogP contribution in [0.1, 0.15) is 13.8 Å². The summed E-state index contributed by atoms with van der Waals surface area (Å²) in [5.74, 6) is 2.46. The molecule has 0 spiro atoms. The van der Waals surface area contributed by atoms with Crippen molar-refractivity contribution in [2.24, 2.45) is 5.92 Å². The topological polar surface area (TPSA) is 44.3 Å². The fraction of sp³-hybridized carbons (Fsp3) is 0.692. The minimum Gasteiger partial charge on any atom is -0.373 e. The van der Waals surface area contributed by atoms with Crippen LogP contribution in [-0.4, -0.2) is 55.6 Å². The Morgan fingerprint density at radius 3 is 2.50 bits per heavy atom. The highest BCUT2D eigenvalue weighted by molar-refractivity contribution is 5.48. The first-order chi connectivity index (χ1) is 8.52. The van der Waals surface area contributed by atoms with Crippen molar-refractivity contribution in [2.75, 3.05) is 51.0 Å². The second-order valence-corrected chi connectivity index (χ2v) is 5.15. The summed E-state index contributed by atoms with van der Waals surface area (Å²) >= 11 is 0. The molecule has 0 aliphatic rings. The predicted octanol–water partition coefficient (Wildman–Crippen LogP) is 1.54. The van der Waals surface area contributed by atoms with E-state index in [0.29, 0.717) is 5.92 Å². The average molecular weight is 251 g/mol. The average Bonchev–Trinajstić information content (AvgIpc) is 2.34. The van der Waals surface area contributed by atoms with Crippen molar-refractivity contribution in [1.82, 2.24) is 14.9 Å². The van der Waals surface area contributed by atoms with Crippen molar-refractivity contribution in [3.8, 4) is 0 Å². The summed E-state index contributed by atoms with van der Waals surface area (Å²) in [5.41, 5.74) is 0. The molecule has 0 radical (unpaired) electrons. The molecule has 0 fully saturated rings. The lowest BCUT2D eigenvalue weighted by molar-refractivity contribution is 0.408. The van der Waals surface area contributed by atoms with Gasteiger partial charge in [0.2, 0.25) is 0 Å². The summed E-state index contributed by atoms with van der Waals surface area (Å²) in [6.45, 7) is 7.45. The lowest BCUT2D eigenvalue weighted by Gasteiger charge is -2.27. The predicted molar refractivity (Wildman–Crippen MR) is 77.2 cm³/mol. The molecular formula is C13H25N5. The second-order valence-electron chi connectivity index (χ2n) is 5.15. The highest BCUT2D eigenvalue weighted by atomic mass is 15.2. The van der Waals surface area contributed by atoms with Gasteiger partial charge in [-0.2, -0.15) is 0 Å². The maximum Gasteiger partial charge on any atom is 0.134 e. The zero-order valence-corrected chi connectivity index (χ0v) is 12.1. The molecule has 0 saturated heterocycles. The Bertz CT molecular complexity index is 351. The van der Waals surface area contributed by atoms with E-state index in [2.05, 4.69) is 53.0 Å². The molecule has 18 heavy (non-hydrogen) atoms. The van der Waals surface area contributed by atoms with E-state index in [1.54, 1.807) is 6.33 Å². The maximum absolute atomic E-state index is 4.37. The summed E-state index contributed by atoms with van der Waals surface area (Å²) in [6, 6.07) is 2.00. The Balaban J connectivity index is 2.79. The highest BCUT2D eigenvalue weighted by Gasteiger charge is 2.11. The molecule has 0 amide bonds. The number of nitrogens with one attached hydrogen (secondary N) is 1. The number of likely N-dealkylation sites (N-methyl/N-ethyl adjacent to an activating group) is 1. The van der Waals surface area contributed by atoms with E-state index in [1.807, 2.05) is 13.1 Å². The minimum absolute atomic E-state index is 0.611. The zero-order valence-electron chi connectivity index (χ0n) is 12.1. The molecule has 1 N–H and O–H groups in total. The van der Waals surface area contributed by atoms with E-state index >= 15 is 0 Å². The first-order valence-corrected chi connectivity index (χ1v) is 6.42. The van der Waals surface area contributed by atoms with Gasteiger partial charge in [-0.25, -0.2) is 9.97 Å². The molecule has 102 valence electrons. The standard InChI is InChI=1S/C13H25N5/c1-11(2)9-18(7-6-17(4)5)13-8-12(14-3)15-10-16-13/h8,10-11H,6-7,9H2,1-5H3,(H,14,15,16). The molecule has 0 saturated carbocycles. The molecule has 0 aliphatic heterocycles. The largest absolute Gasteiger partial charge is 0.373 e. The van der Waals surface area contributed by atoms with Crippen molar-refractivity contribution in [2.45, 2.75) is 13.8 Å². The summed E-state index contributed by atoms with van der Waals surface area (Å²) in [4.78, 5) is 13.0. The summed E-state index contributed by atoms with van der Waals surface area (Å²) in [5, 5.41) is 3.05. The van der Waals surface area contributed by atoms with Crippen molar-refractivity contribution in [3.05, 3.63) is 12.4 Å².